The van der Waals surface area contributed by atoms with E-state index in [1.807, 2.05) is 11.3 Å². The Kier molecular flexibility index (Phi) is 7.13. The minimum atomic E-state index is -0.174. The molecule has 0 amide bonds. The monoisotopic (exact) mass is 862 g/mol. The van der Waals surface area contributed by atoms with Crippen molar-refractivity contribution in [1.82, 2.24) is 14.1 Å². The van der Waals surface area contributed by atoms with Crippen LogP contribution >= 0.6 is 11.3 Å². The average Bonchev–Trinajstić information content (AvgIpc) is 4.10. The van der Waals surface area contributed by atoms with Crippen LogP contribution in [0.5, 0.6) is 0 Å². The summed E-state index contributed by atoms with van der Waals surface area (Å²) in [5.41, 5.74) is 18.2. The van der Waals surface area contributed by atoms with Gasteiger partial charge in [-0.3, -0.25) is 4.57 Å². The fourth-order valence-corrected chi connectivity index (χ4v) is 12.5. The summed E-state index contributed by atoms with van der Waals surface area (Å²) in [5, 5.41) is 7.37. The summed E-state index contributed by atoms with van der Waals surface area (Å²) in [6.45, 7) is 6.70. The molecule has 0 saturated heterocycles. The summed E-state index contributed by atoms with van der Waals surface area (Å²) in [6.07, 6.45) is 0. The molecule has 6 heterocycles. The largest absolute Gasteiger partial charge is 0.456 e. The van der Waals surface area contributed by atoms with Crippen molar-refractivity contribution in [3.63, 3.8) is 0 Å². The number of benzene rings is 9. The van der Waals surface area contributed by atoms with E-state index in [2.05, 4.69) is 217 Å². The summed E-state index contributed by atoms with van der Waals surface area (Å²) in [4.78, 5) is 8.19. The van der Waals surface area contributed by atoms with Gasteiger partial charge < -0.3 is 13.8 Å². The van der Waals surface area contributed by atoms with Crippen molar-refractivity contribution < 1.29 is 4.42 Å². The molecule has 2 aliphatic heterocycles. The van der Waals surface area contributed by atoms with Gasteiger partial charge >= 0.3 is 6.85 Å². The Balaban J connectivity index is 1.12. The van der Waals surface area contributed by atoms with Gasteiger partial charge in [0.25, 0.3) is 0 Å². The second kappa shape index (κ2) is 12.9. The van der Waals surface area contributed by atoms with Crippen LogP contribution in [-0.2, 0) is 5.41 Å². The summed E-state index contributed by atoms with van der Waals surface area (Å²) >= 11 is 1.88. The first kappa shape index (κ1) is 36.5. The first-order chi connectivity index (χ1) is 32.4. The lowest BCUT2D eigenvalue weighted by Crippen LogP contribution is -2.60. The maximum Gasteiger partial charge on any atom is 0.333 e. The Hall–Kier alpha value is -7.87. The van der Waals surface area contributed by atoms with Gasteiger partial charge in [0.05, 0.1) is 22.1 Å². The van der Waals surface area contributed by atoms with Crippen LogP contribution in [0, 0.1) is 0 Å². The standard InChI is InChI=1S/C59H39BN4OS/c1-59(2,3)35-22-24-37(25-23-35)64-49-29-44-38-18-10-12-20-52(38)65-53(44)30-43(49)40-26-27-41-42-28-45-39-19-11-13-21-54(39)66-55(45)33-48(42)63-50-32-51-47(31-46(50)60(64)56(40)57(41)63)61-58(34-14-6-4-7-15-34)62(51)36-16-8-5-9-17-36/h4-33H,1-3H3. The van der Waals surface area contributed by atoms with E-state index in [1.165, 1.54) is 75.3 Å². The first-order valence-corrected chi connectivity index (χ1v) is 23.6. The third-order valence-electron chi connectivity index (χ3n) is 14.4. The van der Waals surface area contributed by atoms with E-state index in [4.69, 9.17) is 9.40 Å². The third kappa shape index (κ3) is 4.87. The van der Waals surface area contributed by atoms with E-state index < -0.39 is 0 Å². The summed E-state index contributed by atoms with van der Waals surface area (Å²) < 4.78 is 14.2. The van der Waals surface area contributed by atoms with E-state index in [9.17, 15) is 0 Å². The van der Waals surface area contributed by atoms with Gasteiger partial charge in [-0.1, -0.05) is 130 Å². The highest BCUT2D eigenvalue weighted by atomic mass is 32.1. The Bertz CT molecular complexity index is 4210. The van der Waals surface area contributed by atoms with E-state index in [0.717, 1.165) is 61.4 Å². The number of imidazole rings is 1. The molecule has 310 valence electrons. The minimum absolute atomic E-state index is 0.01000. The van der Waals surface area contributed by atoms with Gasteiger partial charge in [-0.05, 0) is 100 Å². The van der Waals surface area contributed by atoms with Crippen molar-refractivity contribution in [2.24, 2.45) is 0 Å². The van der Waals surface area contributed by atoms with Gasteiger partial charge in [0.2, 0.25) is 0 Å². The lowest BCUT2D eigenvalue weighted by atomic mass is 9.44. The number of nitrogens with zero attached hydrogens (tertiary/aromatic N) is 4. The molecule has 0 atom stereocenters. The van der Waals surface area contributed by atoms with Crippen molar-refractivity contribution in [3.05, 3.63) is 188 Å². The summed E-state index contributed by atoms with van der Waals surface area (Å²) in [5.74, 6) is 0.921. The number of para-hydroxylation sites is 2. The number of rotatable bonds is 3. The molecule has 2 aliphatic rings. The number of furan rings is 1. The number of anilines is 2. The molecular formula is C59H39BN4OS. The van der Waals surface area contributed by atoms with Crippen molar-refractivity contribution in [2.45, 2.75) is 26.2 Å². The summed E-state index contributed by atoms with van der Waals surface area (Å²) in [6, 6.07) is 67.2. The molecule has 0 N–H and O–H groups in total. The van der Waals surface area contributed by atoms with Gasteiger partial charge in [0.1, 0.15) is 17.0 Å². The average molecular weight is 863 g/mol. The second-order valence-electron chi connectivity index (χ2n) is 19.1. The molecule has 13 aromatic rings. The van der Waals surface area contributed by atoms with Crippen LogP contribution < -0.4 is 15.7 Å². The van der Waals surface area contributed by atoms with Crippen LogP contribution in [0.15, 0.2) is 186 Å². The Morgan fingerprint density at radius 2 is 1.27 bits per heavy atom. The van der Waals surface area contributed by atoms with Crippen LogP contribution in [0.2, 0.25) is 0 Å². The van der Waals surface area contributed by atoms with Crippen molar-refractivity contribution >= 4 is 115 Å². The van der Waals surface area contributed by atoms with Gasteiger partial charge in [-0.25, -0.2) is 4.98 Å². The number of fused-ring (bicyclic) bond motifs is 15. The quantitative estimate of drug-likeness (QED) is 0.166. The molecule has 0 unspecified atom stereocenters. The van der Waals surface area contributed by atoms with Crippen LogP contribution in [0.3, 0.4) is 0 Å². The van der Waals surface area contributed by atoms with Crippen molar-refractivity contribution in [2.75, 3.05) is 4.81 Å². The molecule has 0 spiro atoms. The minimum Gasteiger partial charge on any atom is -0.456 e. The maximum atomic E-state index is 6.66. The van der Waals surface area contributed by atoms with Crippen LogP contribution in [0.1, 0.15) is 26.3 Å². The van der Waals surface area contributed by atoms with Gasteiger partial charge in [-0.2, -0.15) is 0 Å². The van der Waals surface area contributed by atoms with E-state index in [-0.39, 0.29) is 12.3 Å². The lowest BCUT2D eigenvalue weighted by molar-refractivity contribution is 0.590. The van der Waals surface area contributed by atoms with Crippen LogP contribution in [0.4, 0.5) is 11.4 Å². The predicted octanol–water partition coefficient (Wildman–Crippen LogP) is 14.6. The van der Waals surface area contributed by atoms with Crippen LogP contribution in [0.25, 0.3) is 109 Å². The fraction of sp³-hybridized carbons (Fsp3) is 0.0678. The Labute approximate surface area is 384 Å². The molecule has 0 saturated carbocycles. The molecule has 4 aromatic heterocycles. The molecule has 0 bridgehead atoms. The Morgan fingerprint density at radius 1 is 0.515 bits per heavy atom. The topological polar surface area (TPSA) is 39.1 Å². The molecule has 9 aromatic carbocycles. The normalized spacial score (nSPS) is 13.3. The maximum absolute atomic E-state index is 6.66. The van der Waals surface area contributed by atoms with E-state index in [0.29, 0.717) is 0 Å². The third-order valence-corrected chi connectivity index (χ3v) is 15.6. The SMILES string of the molecule is CC(C)(C)c1ccc(N2B3c4cc5nc(-c6ccccc6)n(-c6ccccc6)c5cc4-n4c5cc6sc7ccccc7c6cc5c5ccc(c3c54)-c3cc4oc5ccccc5c4cc32)cc1. The summed E-state index contributed by atoms with van der Waals surface area (Å²) in [7, 11) is 0. The molecule has 0 radical (unpaired) electrons. The first-order valence-electron chi connectivity index (χ1n) is 22.8. The zero-order valence-corrected chi connectivity index (χ0v) is 37.3. The van der Waals surface area contributed by atoms with E-state index in [1.54, 1.807) is 0 Å². The molecule has 7 heteroatoms. The molecular weight excluding hydrogens is 824 g/mol. The van der Waals surface area contributed by atoms with Gasteiger partial charge in [0.15, 0.2) is 0 Å². The van der Waals surface area contributed by atoms with Crippen LogP contribution in [-0.4, -0.2) is 21.0 Å². The fourth-order valence-electron chi connectivity index (χ4n) is 11.4. The lowest BCUT2D eigenvalue weighted by Gasteiger charge is -2.42. The smallest absolute Gasteiger partial charge is 0.333 e. The molecule has 15 rings (SSSR count). The zero-order chi connectivity index (χ0) is 43.6. The van der Waals surface area contributed by atoms with Crippen molar-refractivity contribution in [3.8, 4) is 33.9 Å². The zero-order valence-electron chi connectivity index (χ0n) is 36.5. The number of hydrogen-bond acceptors (Lipinski definition) is 4. The number of aromatic nitrogens is 3. The molecule has 66 heavy (non-hydrogen) atoms. The predicted molar refractivity (Wildman–Crippen MR) is 279 cm³/mol. The van der Waals surface area contributed by atoms with Crippen molar-refractivity contribution in [1.29, 1.82) is 0 Å². The molecule has 5 nitrogen and oxygen atoms in total. The Morgan fingerprint density at radius 3 is 2.09 bits per heavy atom. The highest BCUT2D eigenvalue weighted by Gasteiger charge is 2.45. The van der Waals surface area contributed by atoms with Gasteiger partial charge in [-0.15, -0.1) is 11.3 Å². The van der Waals surface area contributed by atoms with E-state index >= 15 is 0 Å². The number of thiophene rings is 1. The second-order valence-corrected chi connectivity index (χ2v) is 20.2. The highest BCUT2D eigenvalue weighted by molar-refractivity contribution is 7.25. The molecule has 0 aliphatic carbocycles. The highest BCUT2D eigenvalue weighted by Crippen LogP contribution is 2.49. The number of hydrogen-bond donors (Lipinski definition) is 0. The van der Waals surface area contributed by atoms with Gasteiger partial charge in [0, 0.05) is 75.6 Å². The molecule has 0 fully saturated rings.